The van der Waals surface area contributed by atoms with Crippen molar-refractivity contribution < 1.29 is 19.3 Å². The van der Waals surface area contributed by atoms with Crippen LogP contribution in [0.1, 0.15) is 23.1 Å². The minimum absolute atomic E-state index is 0.150. The van der Waals surface area contributed by atoms with Crippen molar-refractivity contribution in [2.45, 2.75) is 12.7 Å². The van der Waals surface area contributed by atoms with Crippen molar-refractivity contribution in [3.8, 4) is 11.8 Å². The fourth-order valence-electron chi connectivity index (χ4n) is 2.04. The van der Waals surface area contributed by atoms with Crippen LogP contribution in [0.5, 0.6) is 11.8 Å². The highest BCUT2D eigenvalue weighted by molar-refractivity contribution is 5.55. The van der Waals surface area contributed by atoms with Gasteiger partial charge in [-0.05, 0) is 0 Å². The van der Waals surface area contributed by atoms with Crippen LogP contribution in [0.3, 0.4) is 0 Å². The fraction of sp³-hybridized carbons (Fsp3) is 0.333. The molecule has 0 radical (unpaired) electrons. The summed E-state index contributed by atoms with van der Waals surface area (Å²) in [6.45, 7) is 0.356. The first-order valence-corrected chi connectivity index (χ1v) is 6.62. The Morgan fingerprint density at radius 1 is 1.14 bits per heavy atom. The van der Waals surface area contributed by atoms with Crippen LogP contribution in [0.4, 0.5) is 5.69 Å². The molecule has 118 valence electrons. The molecule has 1 atom stereocenters. The van der Waals surface area contributed by atoms with Gasteiger partial charge in [-0.25, -0.2) is 0 Å². The van der Waals surface area contributed by atoms with Crippen molar-refractivity contribution in [1.82, 2.24) is 9.97 Å². The highest BCUT2D eigenvalue weighted by Crippen LogP contribution is 2.29. The highest BCUT2D eigenvalue weighted by Gasteiger charge is 2.20. The first kappa shape index (κ1) is 16.0. The third-order valence-electron chi connectivity index (χ3n) is 3.18. The zero-order valence-corrected chi connectivity index (χ0v) is 12.7. The number of aliphatic hydroxyl groups excluding tert-OH is 1. The molecule has 0 aliphatic carbocycles. The maximum atomic E-state index is 10.5. The molecule has 0 saturated carbocycles. The van der Waals surface area contributed by atoms with Crippen LogP contribution in [0, 0.1) is 0 Å². The van der Waals surface area contributed by atoms with Gasteiger partial charge in [-0.3, -0.25) is 0 Å². The minimum Gasteiger partial charge on any atom is -0.481 e. The molecule has 0 bridgehead atoms. The van der Waals surface area contributed by atoms with Crippen LogP contribution in [-0.4, -0.2) is 36.4 Å². The predicted octanol–water partition coefficient (Wildman–Crippen LogP) is 1.30. The number of aliphatic hydroxyl groups is 1. The van der Waals surface area contributed by atoms with E-state index in [1.54, 1.807) is 19.2 Å². The van der Waals surface area contributed by atoms with E-state index in [4.69, 9.17) is 19.9 Å². The summed E-state index contributed by atoms with van der Waals surface area (Å²) in [5, 5.41) is 10.5. The number of rotatable bonds is 6. The molecule has 22 heavy (non-hydrogen) atoms. The average molecular weight is 305 g/mol. The number of benzene rings is 1. The molecule has 0 fully saturated rings. The Hall–Kier alpha value is -2.38. The second-order valence-corrected chi connectivity index (χ2v) is 4.57. The van der Waals surface area contributed by atoms with E-state index >= 15 is 0 Å². The topological polar surface area (TPSA) is 99.7 Å². The molecule has 3 N–H and O–H groups in total. The van der Waals surface area contributed by atoms with Gasteiger partial charge in [-0.2, -0.15) is 9.97 Å². The number of anilines is 1. The Bertz CT molecular complexity index is 626. The number of ether oxygens (including phenoxy) is 3. The second-order valence-electron chi connectivity index (χ2n) is 4.57. The summed E-state index contributed by atoms with van der Waals surface area (Å²) in [5.74, 6) is 0.748. The number of nitrogens with zero attached hydrogens (tertiary/aromatic N) is 2. The summed E-state index contributed by atoms with van der Waals surface area (Å²) in [6.07, 6.45) is -1.10. The minimum atomic E-state index is -1.10. The van der Waals surface area contributed by atoms with Crippen LogP contribution in [-0.2, 0) is 11.3 Å². The number of nitrogens with two attached hydrogens (primary N) is 1. The quantitative estimate of drug-likeness (QED) is 0.776. The number of nitrogen functional groups attached to an aromatic ring is 1. The summed E-state index contributed by atoms with van der Waals surface area (Å²) in [6, 6.07) is 6.87. The Morgan fingerprint density at radius 2 is 1.77 bits per heavy atom. The molecule has 7 nitrogen and oxygen atoms in total. The number of hydrogen-bond donors (Lipinski definition) is 2. The van der Waals surface area contributed by atoms with E-state index < -0.39 is 6.10 Å². The average Bonchev–Trinajstić information content (AvgIpc) is 2.55. The van der Waals surface area contributed by atoms with Crippen molar-refractivity contribution in [3.63, 3.8) is 0 Å². The van der Waals surface area contributed by atoms with Gasteiger partial charge in [0.2, 0.25) is 11.8 Å². The van der Waals surface area contributed by atoms with Crippen LogP contribution in [0.2, 0.25) is 0 Å². The summed E-state index contributed by atoms with van der Waals surface area (Å²) >= 11 is 0. The molecular weight excluding hydrogens is 286 g/mol. The Morgan fingerprint density at radius 3 is 2.32 bits per heavy atom. The van der Waals surface area contributed by atoms with Crippen LogP contribution >= 0.6 is 0 Å². The van der Waals surface area contributed by atoms with Crippen molar-refractivity contribution in [1.29, 1.82) is 0 Å². The zero-order chi connectivity index (χ0) is 16.1. The lowest BCUT2D eigenvalue weighted by molar-refractivity contribution is 0.184. The summed E-state index contributed by atoms with van der Waals surface area (Å²) in [4.78, 5) is 8.29. The lowest BCUT2D eigenvalue weighted by Crippen LogP contribution is -2.11. The third kappa shape index (κ3) is 3.26. The molecule has 0 spiro atoms. The Kier molecular flexibility index (Phi) is 5.13. The first-order valence-electron chi connectivity index (χ1n) is 6.62. The molecule has 0 amide bonds. The van der Waals surface area contributed by atoms with Crippen molar-refractivity contribution in [2.75, 3.05) is 27.1 Å². The molecule has 0 saturated heterocycles. The third-order valence-corrected chi connectivity index (χ3v) is 3.18. The Labute approximate surface area is 128 Å². The van der Waals surface area contributed by atoms with Gasteiger partial charge in [0.25, 0.3) is 0 Å². The number of aromatic nitrogens is 2. The van der Waals surface area contributed by atoms with Gasteiger partial charge < -0.3 is 25.1 Å². The van der Waals surface area contributed by atoms with Crippen molar-refractivity contribution >= 4 is 5.69 Å². The van der Waals surface area contributed by atoms with E-state index in [-0.39, 0.29) is 5.82 Å². The number of methoxy groups -OCH3 is 3. The molecule has 2 aromatic rings. The van der Waals surface area contributed by atoms with Gasteiger partial charge in [0.05, 0.1) is 26.9 Å². The van der Waals surface area contributed by atoms with Gasteiger partial charge in [-0.15, -0.1) is 0 Å². The maximum Gasteiger partial charge on any atom is 0.220 e. The van der Waals surface area contributed by atoms with Crippen molar-refractivity contribution in [3.05, 3.63) is 41.2 Å². The van der Waals surface area contributed by atoms with E-state index in [9.17, 15) is 5.11 Å². The summed E-state index contributed by atoms with van der Waals surface area (Å²) in [5.41, 5.74) is 7.83. The maximum absolute atomic E-state index is 10.5. The molecule has 7 heteroatoms. The van der Waals surface area contributed by atoms with Crippen LogP contribution in [0.25, 0.3) is 0 Å². The van der Waals surface area contributed by atoms with E-state index in [1.807, 2.05) is 6.07 Å². The summed E-state index contributed by atoms with van der Waals surface area (Å²) in [7, 11) is 4.54. The van der Waals surface area contributed by atoms with Crippen molar-refractivity contribution in [2.24, 2.45) is 0 Å². The molecular formula is C15H19N3O4. The smallest absolute Gasteiger partial charge is 0.220 e. The predicted molar refractivity (Wildman–Crippen MR) is 80.8 cm³/mol. The van der Waals surface area contributed by atoms with E-state index in [1.165, 1.54) is 20.3 Å². The molecule has 1 heterocycles. The monoisotopic (exact) mass is 305 g/mol. The Balaban J connectivity index is 2.43. The SMILES string of the molecule is COCc1cccc([C@H](O)c2nc(OC)cc(OC)n2)c1N. The van der Waals surface area contributed by atoms with Gasteiger partial charge >= 0.3 is 0 Å². The number of para-hydroxylation sites is 1. The molecule has 1 aromatic carbocycles. The highest BCUT2D eigenvalue weighted by atomic mass is 16.5. The van der Waals surface area contributed by atoms with E-state index in [0.717, 1.165) is 5.56 Å². The summed E-state index contributed by atoms with van der Waals surface area (Å²) < 4.78 is 15.3. The largest absolute Gasteiger partial charge is 0.481 e. The zero-order valence-electron chi connectivity index (χ0n) is 12.7. The fourth-order valence-corrected chi connectivity index (χ4v) is 2.04. The number of hydrogen-bond acceptors (Lipinski definition) is 7. The first-order chi connectivity index (χ1) is 10.6. The molecule has 0 aliphatic heterocycles. The normalized spacial score (nSPS) is 12.0. The molecule has 1 aromatic heterocycles. The molecule has 0 unspecified atom stereocenters. The van der Waals surface area contributed by atoms with Crippen LogP contribution in [0.15, 0.2) is 24.3 Å². The molecule has 0 aliphatic rings. The van der Waals surface area contributed by atoms with Crippen LogP contribution < -0.4 is 15.2 Å². The van der Waals surface area contributed by atoms with E-state index in [0.29, 0.717) is 29.6 Å². The van der Waals surface area contributed by atoms with Gasteiger partial charge in [0, 0.05) is 23.9 Å². The standard InChI is InChI=1S/C15H19N3O4/c1-20-8-9-5-4-6-10(13(9)16)14(19)15-17-11(21-2)7-12(18-15)22-3/h4-7,14,19H,8,16H2,1-3H3/t14-/m0/s1. The molecule has 2 rings (SSSR count). The van der Waals surface area contributed by atoms with Gasteiger partial charge in [-0.1, -0.05) is 18.2 Å². The van der Waals surface area contributed by atoms with Gasteiger partial charge in [0.1, 0.15) is 6.10 Å². The lowest BCUT2D eigenvalue weighted by Gasteiger charge is -2.16. The van der Waals surface area contributed by atoms with E-state index in [2.05, 4.69) is 9.97 Å². The second kappa shape index (κ2) is 7.06. The van der Waals surface area contributed by atoms with Gasteiger partial charge in [0.15, 0.2) is 5.82 Å². The lowest BCUT2D eigenvalue weighted by atomic mass is 10.0.